The molecule has 0 saturated carbocycles. The summed E-state index contributed by atoms with van der Waals surface area (Å²) in [6, 6.07) is 8.04. The number of hydrogen-bond donors (Lipinski definition) is 2. The standard InChI is InChI=1S/C16H15F3N2O2S/c17-16(18,19)12-5-3-11(4-6-12)10-21-14(22)7-8-20-15(23)13-2-1-9-24-13/h1-6,9H,7-8,10H2,(H,20,23)(H,21,22). The van der Waals surface area contributed by atoms with Gasteiger partial charge in [0.25, 0.3) is 5.91 Å². The summed E-state index contributed by atoms with van der Waals surface area (Å²) in [6.45, 7) is 0.325. The molecule has 0 radical (unpaired) electrons. The van der Waals surface area contributed by atoms with Gasteiger partial charge in [-0.15, -0.1) is 11.3 Å². The molecule has 1 aromatic carbocycles. The first-order valence-corrected chi connectivity index (χ1v) is 7.99. The molecule has 0 aliphatic carbocycles. The average molecular weight is 356 g/mol. The van der Waals surface area contributed by atoms with Crippen molar-refractivity contribution in [3.05, 3.63) is 57.8 Å². The van der Waals surface area contributed by atoms with Crippen molar-refractivity contribution in [2.75, 3.05) is 6.54 Å². The molecule has 0 unspecified atom stereocenters. The summed E-state index contributed by atoms with van der Waals surface area (Å²) in [5, 5.41) is 7.00. The Morgan fingerprint density at radius 3 is 2.33 bits per heavy atom. The van der Waals surface area contributed by atoms with E-state index in [2.05, 4.69) is 10.6 Å². The number of alkyl halides is 3. The van der Waals surface area contributed by atoms with Gasteiger partial charge in [-0.2, -0.15) is 13.2 Å². The highest BCUT2D eigenvalue weighted by molar-refractivity contribution is 7.12. The monoisotopic (exact) mass is 356 g/mol. The Morgan fingerprint density at radius 1 is 1.04 bits per heavy atom. The Hall–Kier alpha value is -2.35. The van der Waals surface area contributed by atoms with E-state index in [0.29, 0.717) is 10.4 Å². The van der Waals surface area contributed by atoms with Crippen LogP contribution in [0, 0.1) is 0 Å². The van der Waals surface area contributed by atoms with Gasteiger partial charge in [0.15, 0.2) is 0 Å². The predicted octanol–water partition coefficient (Wildman–Crippen LogP) is 3.20. The van der Waals surface area contributed by atoms with Crippen molar-refractivity contribution >= 4 is 23.2 Å². The molecule has 0 aliphatic rings. The molecule has 24 heavy (non-hydrogen) atoms. The fourth-order valence-corrected chi connectivity index (χ4v) is 2.53. The molecule has 2 aromatic rings. The van der Waals surface area contributed by atoms with Gasteiger partial charge in [-0.3, -0.25) is 9.59 Å². The molecule has 0 aliphatic heterocycles. The fourth-order valence-electron chi connectivity index (χ4n) is 1.89. The van der Waals surface area contributed by atoms with Gasteiger partial charge in [0, 0.05) is 19.5 Å². The van der Waals surface area contributed by atoms with Crippen LogP contribution in [0.2, 0.25) is 0 Å². The second-order valence-corrected chi connectivity index (χ2v) is 5.90. The van der Waals surface area contributed by atoms with Gasteiger partial charge in [0.2, 0.25) is 5.91 Å². The number of hydrogen-bond acceptors (Lipinski definition) is 3. The maximum absolute atomic E-state index is 12.4. The molecule has 2 rings (SSSR count). The molecule has 2 amide bonds. The van der Waals surface area contributed by atoms with Crippen molar-refractivity contribution in [2.24, 2.45) is 0 Å². The molecule has 0 atom stereocenters. The number of carbonyl (C=O) groups excluding carboxylic acids is 2. The van der Waals surface area contributed by atoms with E-state index in [1.165, 1.54) is 23.5 Å². The van der Waals surface area contributed by atoms with Crippen molar-refractivity contribution in [2.45, 2.75) is 19.1 Å². The lowest BCUT2D eigenvalue weighted by atomic mass is 10.1. The van der Waals surface area contributed by atoms with E-state index in [9.17, 15) is 22.8 Å². The first kappa shape index (κ1) is 18.0. The molecule has 2 N–H and O–H groups in total. The molecule has 0 fully saturated rings. The summed E-state index contributed by atoms with van der Waals surface area (Å²) in [4.78, 5) is 23.9. The van der Waals surface area contributed by atoms with Gasteiger partial charge in [-0.05, 0) is 29.1 Å². The summed E-state index contributed by atoms with van der Waals surface area (Å²) < 4.78 is 37.3. The summed E-state index contributed by atoms with van der Waals surface area (Å²) in [6.07, 6.45) is -4.28. The lowest BCUT2D eigenvalue weighted by molar-refractivity contribution is -0.137. The van der Waals surface area contributed by atoms with Crippen LogP contribution in [0.1, 0.15) is 27.2 Å². The van der Waals surface area contributed by atoms with E-state index >= 15 is 0 Å². The maximum Gasteiger partial charge on any atom is 0.416 e. The van der Waals surface area contributed by atoms with Gasteiger partial charge in [-0.1, -0.05) is 18.2 Å². The molecule has 0 bridgehead atoms. The molecule has 128 valence electrons. The van der Waals surface area contributed by atoms with E-state index in [1.807, 2.05) is 0 Å². The van der Waals surface area contributed by atoms with Crippen molar-refractivity contribution in [3.63, 3.8) is 0 Å². The summed E-state index contributed by atoms with van der Waals surface area (Å²) in [5.74, 6) is -0.526. The zero-order valence-corrected chi connectivity index (χ0v) is 13.3. The fraction of sp³-hybridized carbons (Fsp3) is 0.250. The van der Waals surface area contributed by atoms with Crippen LogP contribution in [-0.4, -0.2) is 18.4 Å². The molecule has 0 spiro atoms. The molecule has 4 nitrogen and oxygen atoms in total. The minimum absolute atomic E-state index is 0.0950. The highest BCUT2D eigenvalue weighted by Crippen LogP contribution is 2.29. The first-order valence-electron chi connectivity index (χ1n) is 7.11. The Balaban J connectivity index is 1.70. The number of thiophene rings is 1. The molecular formula is C16H15F3N2O2S. The van der Waals surface area contributed by atoms with Crippen LogP contribution in [0.4, 0.5) is 13.2 Å². The number of carbonyl (C=O) groups is 2. The van der Waals surface area contributed by atoms with Crippen LogP contribution < -0.4 is 10.6 Å². The minimum Gasteiger partial charge on any atom is -0.352 e. The number of benzene rings is 1. The maximum atomic E-state index is 12.4. The summed E-state index contributed by atoms with van der Waals surface area (Å²) >= 11 is 1.31. The lowest BCUT2D eigenvalue weighted by Gasteiger charge is -2.09. The van der Waals surface area contributed by atoms with Crippen LogP contribution in [0.3, 0.4) is 0 Å². The summed E-state index contributed by atoms with van der Waals surface area (Å²) in [5.41, 5.74) is -0.159. The van der Waals surface area contributed by atoms with E-state index in [0.717, 1.165) is 12.1 Å². The third-order valence-corrected chi connectivity index (χ3v) is 4.02. The minimum atomic E-state index is -4.37. The zero-order valence-electron chi connectivity index (χ0n) is 12.5. The largest absolute Gasteiger partial charge is 0.416 e. The molecule has 8 heteroatoms. The van der Waals surface area contributed by atoms with Gasteiger partial charge in [0.1, 0.15) is 0 Å². The van der Waals surface area contributed by atoms with Crippen molar-refractivity contribution in [1.29, 1.82) is 0 Å². The van der Waals surface area contributed by atoms with E-state index < -0.39 is 11.7 Å². The van der Waals surface area contributed by atoms with Crippen molar-refractivity contribution in [3.8, 4) is 0 Å². The molecule has 1 heterocycles. The first-order chi connectivity index (χ1) is 11.4. The third kappa shape index (κ3) is 5.38. The number of rotatable bonds is 6. The highest BCUT2D eigenvalue weighted by Gasteiger charge is 2.29. The van der Waals surface area contributed by atoms with E-state index in [1.54, 1.807) is 17.5 Å². The SMILES string of the molecule is O=C(CCNC(=O)c1cccs1)NCc1ccc(C(F)(F)F)cc1. The Bertz CT molecular complexity index is 682. The normalized spacial score (nSPS) is 11.1. The second-order valence-electron chi connectivity index (χ2n) is 4.95. The molecular weight excluding hydrogens is 341 g/mol. The third-order valence-electron chi connectivity index (χ3n) is 3.15. The quantitative estimate of drug-likeness (QED) is 0.835. The van der Waals surface area contributed by atoms with Gasteiger partial charge in [0.05, 0.1) is 10.4 Å². The topological polar surface area (TPSA) is 58.2 Å². The number of halogens is 3. The van der Waals surface area contributed by atoms with Crippen molar-refractivity contribution in [1.82, 2.24) is 10.6 Å². The predicted molar refractivity (Wildman–Crippen MR) is 84.6 cm³/mol. The Morgan fingerprint density at radius 2 is 1.75 bits per heavy atom. The highest BCUT2D eigenvalue weighted by atomic mass is 32.1. The molecule has 0 saturated heterocycles. The van der Waals surface area contributed by atoms with Crippen LogP contribution in [0.5, 0.6) is 0 Å². The second kappa shape index (κ2) is 7.96. The van der Waals surface area contributed by atoms with Crippen LogP contribution >= 0.6 is 11.3 Å². The average Bonchev–Trinajstić information content (AvgIpc) is 3.07. The van der Waals surface area contributed by atoms with Crippen LogP contribution in [-0.2, 0) is 17.5 Å². The number of nitrogens with one attached hydrogen (secondary N) is 2. The number of amides is 2. The lowest BCUT2D eigenvalue weighted by Crippen LogP contribution is -2.30. The van der Waals surface area contributed by atoms with Gasteiger partial charge < -0.3 is 10.6 Å². The molecule has 1 aromatic heterocycles. The smallest absolute Gasteiger partial charge is 0.352 e. The van der Waals surface area contributed by atoms with Crippen LogP contribution in [0.15, 0.2) is 41.8 Å². The van der Waals surface area contributed by atoms with Crippen molar-refractivity contribution < 1.29 is 22.8 Å². The Kier molecular flexibility index (Phi) is 5.97. The van der Waals surface area contributed by atoms with Gasteiger partial charge >= 0.3 is 6.18 Å². The van der Waals surface area contributed by atoms with E-state index in [-0.39, 0.29) is 31.3 Å². The van der Waals surface area contributed by atoms with Gasteiger partial charge in [-0.25, -0.2) is 0 Å². The van der Waals surface area contributed by atoms with Crippen LogP contribution in [0.25, 0.3) is 0 Å². The Labute approximate surface area is 140 Å². The summed E-state index contributed by atoms with van der Waals surface area (Å²) in [7, 11) is 0. The van der Waals surface area contributed by atoms with E-state index in [4.69, 9.17) is 0 Å². The zero-order chi connectivity index (χ0) is 17.6.